The zero-order valence-corrected chi connectivity index (χ0v) is 14.8. The quantitative estimate of drug-likeness (QED) is 0.737. The van der Waals surface area contributed by atoms with Crippen LogP contribution in [0.15, 0.2) is 16.9 Å². The Morgan fingerprint density at radius 2 is 2.17 bits per heavy atom. The van der Waals surface area contributed by atoms with Crippen LogP contribution in [0, 0.1) is 12.8 Å². The molecule has 1 N–H and O–H groups in total. The first-order chi connectivity index (χ1) is 11.1. The van der Waals surface area contributed by atoms with E-state index in [4.69, 9.17) is 0 Å². The van der Waals surface area contributed by atoms with Gasteiger partial charge in [0.1, 0.15) is 10.7 Å². The lowest BCUT2D eigenvalue weighted by molar-refractivity contribution is 0.509. The first-order valence-electron chi connectivity index (χ1n) is 7.89. The Kier molecular flexibility index (Phi) is 3.70. The van der Waals surface area contributed by atoms with Gasteiger partial charge in [0.05, 0.1) is 5.39 Å². The van der Waals surface area contributed by atoms with Gasteiger partial charge < -0.3 is 4.98 Å². The van der Waals surface area contributed by atoms with Crippen molar-refractivity contribution in [3.8, 4) is 0 Å². The third-order valence-corrected chi connectivity index (χ3v) is 6.46. The molecule has 3 heterocycles. The molecule has 0 saturated heterocycles. The molecule has 1 atom stereocenters. The summed E-state index contributed by atoms with van der Waals surface area (Å²) in [5.41, 5.74) is 1.24. The fourth-order valence-corrected chi connectivity index (χ4v) is 5.32. The normalized spacial score (nSPS) is 17.9. The first kappa shape index (κ1) is 14.8. The molecule has 0 radical (unpaired) electrons. The van der Waals surface area contributed by atoms with E-state index in [1.165, 1.54) is 20.2 Å². The third kappa shape index (κ3) is 2.79. The van der Waals surface area contributed by atoms with Gasteiger partial charge in [-0.1, -0.05) is 6.92 Å². The second-order valence-electron chi connectivity index (χ2n) is 6.26. The molecule has 0 bridgehead atoms. The largest absolute Gasteiger partial charge is 0.306 e. The molecule has 0 amide bonds. The fourth-order valence-electron chi connectivity index (χ4n) is 3.15. The lowest BCUT2D eigenvalue weighted by Crippen LogP contribution is -2.13. The minimum absolute atomic E-state index is 0.00376. The molecule has 0 aliphatic heterocycles. The van der Waals surface area contributed by atoms with Crippen LogP contribution in [0.4, 0.5) is 0 Å². The highest BCUT2D eigenvalue weighted by atomic mass is 32.1. The number of hydrogen-bond acceptors (Lipinski definition) is 4. The molecule has 118 valence electrons. The highest BCUT2D eigenvalue weighted by molar-refractivity contribution is 7.18. The van der Waals surface area contributed by atoms with Crippen molar-refractivity contribution in [1.29, 1.82) is 0 Å². The van der Waals surface area contributed by atoms with Crippen LogP contribution in [0.25, 0.3) is 22.4 Å². The Morgan fingerprint density at radius 1 is 1.30 bits per heavy atom. The SMILES string of the molecule is Cc1ccc(/C=C/c2nc3sc4c(c3c(=O)[nH]2)CC[C@H](C)C4)s1. The molecule has 0 saturated carbocycles. The summed E-state index contributed by atoms with van der Waals surface area (Å²) in [4.78, 5) is 24.8. The molecule has 4 rings (SSSR count). The van der Waals surface area contributed by atoms with Gasteiger partial charge in [0, 0.05) is 14.6 Å². The predicted octanol–water partition coefficient (Wildman–Crippen LogP) is 4.65. The molecular weight excluding hydrogens is 324 g/mol. The van der Waals surface area contributed by atoms with Crippen molar-refractivity contribution in [2.45, 2.75) is 33.1 Å². The summed E-state index contributed by atoms with van der Waals surface area (Å²) in [5, 5.41) is 0.820. The monoisotopic (exact) mass is 342 g/mol. The maximum absolute atomic E-state index is 12.5. The van der Waals surface area contributed by atoms with Crippen molar-refractivity contribution in [3.05, 3.63) is 48.5 Å². The number of H-pyrrole nitrogens is 1. The molecule has 0 spiro atoms. The first-order valence-corrected chi connectivity index (χ1v) is 9.52. The summed E-state index contributed by atoms with van der Waals surface area (Å²) in [7, 11) is 0. The number of rotatable bonds is 2. The van der Waals surface area contributed by atoms with Crippen molar-refractivity contribution in [2.24, 2.45) is 5.92 Å². The van der Waals surface area contributed by atoms with Crippen LogP contribution < -0.4 is 5.56 Å². The number of aromatic amines is 1. The van der Waals surface area contributed by atoms with Gasteiger partial charge in [-0.25, -0.2) is 4.98 Å². The van der Waals surface area contributed by atoms with Crippen LogP contribution in [0.2, 0.25) is 0 Å². The number of nitrogens with one attached hydrogen (secondary N) is 1. The smallest absolute Gasteiger partial charge is 0.260 e. The van der Waals surface area contributed by atoms with Crippen LogP contribution in [-0.2, 0) is 12.8 Å². The Balaban J connectivity index is 1.75. The number of aromatic nitrogens is 2. The summed E-state index contributed by atoms with van der Waals surface area (Å²) in [6.07, 6.45) is 7.16. The number of aryl methyl sites for hydroxylation is 2. The van der Waals surface area contributed by atoms with E-state index in [0.29, 0.717) is 11.7 Å². The van der Waals surface area contributed by atoms with E-state index in [2.05, 4.69) is 35.9 Å². The second-order valence-corrected chi connectivity index (χ2v) is 8.67. The second kappa shape index (κ2) is 5.73. The topological polar surface area (TPSA) is 45.8 Å². The van der Waals surface area contributed by atoms with Crippen molar-refractivity contribution in [2.75, 3.05) is 0 Å². The number of fused-ring (bicyclic) bond motifs is 3. The molecule has 1 aliphatic carbocycles. The van der Waals surface area contributed by atoms with Gasteiger partial charge in [-0.3, -0.25) is 4.79 Å². The summed E-state index contributed by atoms with van der Waals surface area (Å²) in [5.74, 6) is 1.34. The third-order valence-electron chi connectivity index (χ3n) is 4.35. The maximum atomic E-state index is 12.5. The van der Waals surface area contributed by atoms with E-state index in [1.807, 2.05) is 12.2 Å². The van der Waals surface area contributed by atoms with Crippen molar-refractivity contribution in [1.82, 2.24) is 9.97 Å². The highest BCUT2D eigenvalue weighted by Gasteiger charge is 2.22. The molecule has 0 aromatic carbocycles. The molecule has 0 unspecified atom stereocenters. The van der Waals surface area contributed by atoms with E-state index in [9.17, 15) is 4.79 Å². The fraction of sp³-hybridized carbons (Fsp3) is 0.333. The van der Waals surface area contributed by atoms with Gasteiger partial charge in [0.2, 0.25) is 0 Å². The van der Waals surface area contributed by atoms with E-state index >= 15 is 0 Å². The zero-order chi connectivity index (χ0) is 16.0. The summed E-state index contributed by atoms with van der Waals surface area (Å²) >= 11 is 3.43. The summed E-state index contributed by atoms with van der Waals surface area (Å²) < 4.78 is 0. The number of thiophene rings is 2. The predicted molar refractivity (Wildman–Crippen MR) is 99.4 cm³/mol. The number of nitrogens with zero attached hydrogens (tertiary/aromatic N) is 1. The average molecular weight is 342 g/mol. The van der Waals surface area contributed by atoms with Crippen LogP contribution in [0.1, 0.15) is 39.4 Å². The van der Waals surface area contributed by atoms with E-state index in [0.717, 1.165) is 29.5 Å². The van der Waals surface area contributed by atoms with E-state index in [1.54, 1.807) is 22.7 Å². The Labute approximate surface area is 142 Å². The maximum Gasteiger partial charge on any atom is 0.260 e. The van der Waals surface area contributed by atoms with E-state index in [-0.39, 0.29) is 5.56 Å². The zero-order valence-electron chi connectivity index (χ0n) is 13.2. The molecule has 1 aliphatic rings. The Hall–Kier alpha value is -1.72. The standard InChI is InChI=1S/C18H18N2OS2/c1-10-3-7-13-14(9-10)23-18-16(13)17(21)19-15(20-18)8-6-12-5-4-11(2)22-12/h4-6,8,10H,3,7,9H2,1-2H3,(H,19,20,21)/b8-6+/t10-/m0/s1. The lowest BCUT2D eigenvalue weighted by atomic mass is 9.89. The van der Waals surface area contributed by atoms with Crippen LogP contribution in [0.3, 0.4) is 0 Å². The van der Waals surface area contributed by atoms with Crippen molar-refractivity contribution < 1.29 is 0 Å². The molecule has 0 fully saturated rings. The average Bonchev–Trinajstić information content (AvgIpc) is 3.07. The van der Waals surface area contributed by atoms with Gasteiger partial charge in [-0.15, -0.1) is 22.7 Å². The molecule has 5 heteroatoms. The molecule has 3 nitrogen and oxygen atoms in total. The van der Waals surface area contributed by atoms with Gasteiger partial charge in [-0.05, 0) is 62.0 Å². The number of hydrogen-bond donors (Lipinski definition) is 1. The minimum atomic E-state index is 0.00376. The van der Waals surface area contributed by atoms with Gasteiger partial charge in [-0.2, -0.15) is 0 Å². The highest BCUT2D eigenvalue weighted by Crippen LogP contribution is 2.35. The summed E-state index contributed by atoms with van der Waals surface area (Å²) in [6, 6.07) is 4.18. The van der Waals surface area contributed by atoms with Crippen LogP contribution in [-0.4, -0.2) is 9.97 Å². The van der Waals surface area contributed by atoms with Crippen LogP contribution >= 0.6 is 22.7 Å². The summed E-state index contributed by atoms with van der Waals surface area (Å²) in [6.45, 7) is 4.37. The van der Waals surface area contributed by atoms with E-state index < -0.39 is 0 Å². The molecule has 23 heavy (non-hydrogen) atoms. The van der Waals surface area contributed by atoms with Crippen molar-refractivity contribution >= 4 is 45.0 Å². The molecular formula is C18H18N2OS2. The molecule has 3 aromatic rings. The lowest BCUT2D eigenvalue weighted by Gasteiger charge is -2.17. The Bertz CT molecular complexity index is 961. The van der Waals surface area contributed by atoms with Crippen LogP contribution in [0.5, 0.6) is 0 Å². The van der Waals surface area contributed by atoms with Gasteiger partial charge >= 0.3 is 0 Å². The van der Waals surface area contributed by atoms with Gasteiger partial charge in [0.25, 0.3) is 5.56 Å². The molecule has 3 aromatic heterocycles. The van der Waals surface area contributed by atoms with Crippen molar-refractivity contribution in [3.63, 3.8) is 0 Å². The Morgan fingerprint density at radius 3 is 2.96 bits per heavy atom. The van der Waals surface area contributed by atoms with Gasteiger partial charge in [0.15, 0.2) is 0 Å². The minimum Gasteiger partial charge on any atom is -0.306 e.